The number of halogens is 2. The van der Waals surface area contributed by atoms with E-state index < -0.39 is 17.5 Å². The van der Waals surface area contributed by atoms with Gasteiger partial charge in [-0.25, -0.2) is 4.79 Å². The van der Waals surface area contributed by atoms with E-state index in [1.165, 1.54) is 17.1 Å². The van der Waals surface area contributed by atoms with Crippen molar-refractivity contribution >= 4 is 40.8 Å². The average Bonchev–Trinajstić information content (AvgIpc) is 3.01. The lowest BCUT2D eigenvalue weighted by Gasteiger charge is -2.33. The number of carbonyl (C=O) groups excluding carboxylic acids is 2. The summed E-state index contributed by atoms with van der Waals surface area (Å²) in [5.41, 5.74) is 5.86. The maximum atomic E-state index is 12.5. The van der Waals surface area contributed by atoms with E-state index in [0.29, 0.717) is 28.6 Å². The molecule has 0 aliphatic heterocycles. The van der Waals surface area contributed by atoms with Crippen molar-refractivity contribution < 1.29 is 9.59 Å². The number of aromatic nitrogens is 2. The Balaban J connectivity index is 2.15. The zero-order valence-electron chi connectivity index (χ0n) is 14.6. The first-order chi connectivity index (χ1) is 12.3. The van der Waals surface area contributed by atoms with E-state index in [2.05, 4.69) is 15.7 Å². The molecule has 0 saturated heterocycles. The smallest absolute Gasteiger partial charge is 0.320 e. The summed E-state index contributed by atoms with van der Waals surface area (Å²) in [6, 6.07) is 4.94. The molecule has 1 aromatic carbocycles. The Kier molecular flexibility index (Phi) is 6.50. The fourth-order valence-electron chi connectivity index (χ4n) is 2.75. The number of hydrogen-bond acceptors (Lipinski definition) is 3. The van der Waals surface area contributed by atoms with Crippen molar-refractivity contribution in [1.82, 2.24) is 15.1 Å². The van der Waals surface area contributed by atoms with Crippen LogP contribution in [0.25, 0.3) is 0 Å². The Morgan fingerprint density at radius 1 is 1.23 bits per heavy atom. The molecule has 9 heteroatoms. The van der Waals surface area contributed by atoms with Gasteiger partial charge in [0.2, 0.25) is 5.91 Å². The van der Waals surface area contributed by atoms with Crippen molar-refractivity contribution in [2.45, 2.75) is 38.8 Å². The largest absolute Gasteiger partial charge is 0.368 e. The van der Waals surface area contributed by atoms with E-state index in [1.54, 1.807) is 12.1 Å². The fourth-order valence-corrected chi connectivity index (χ4v) is 3.05. The molecular weight excluding hydrogens is 377 g/mol. The number of nitrogens with one attached hydrogen (secondary N) is 2. The SMILES string of the molecule is CCC(CC)(NC(=O)Nc1cnn(CC(N)=O)c1)c1ccc(Cl)c(Cl)c1. The normalized spacial score (nSPS) is 11.2. The minimum atomic E-state index is -0.596. The van der Waals surface area contributed by atoms with Gasteiger partial charge in [-0.05, 0) is 30.5 Å². The van der Waals surface area contributed by atoms with Crippen LogP contribution in [0.1, 0.15) is 32.3 Å². The van der Waals surface area contributed by atoms with Gasteiger partial charge in [0.15, 0.2) is 0 Å². The van der Waals surface area contributed by atoms with E-state index in [1.807, 2.05) is 19.9 Å². The molecule has 2 rings (SSSR count). The number of nitrogens with two attached hydrogens (primary N) is 1. The van der Waals surface area contributed by atoms with Crippen LogP contribution in [0.15, 0.2) is 30.6 Å². The standard InChI is InChI=1S/C17H21Cl2N5O2/c1-3-17(4-2,11-5-6-13(18)14(19)7-11)23-16(26)22-12-8-21-24(9-12)10-15(20)25/h5-9H,3-4,10H2,1-2H3,(H2,20,25)(H2,22,23,26). The highest BCUT2D eigenvalue weighted by molar-refractivity contribution is 6.42. The Morgan fingerprint density at radius 2 is 1.92 bits per heavy atom. The van der Waals surface area contributed by atoms with Crippen molar-refractivity contribution in [2.24, 2.45) is 5.73 Å². The zero-order chi connectivity index (χ0) is 19.3. The van der Waals surface area contributed by atoms with Crippen molar-refractivity contribution in [3.63, 3.8) is 0 Å². The molecule has 0 unspecified atom stereocenters. The van der Waals surface area contributed by atoms with Gasteiger partial charge in [-0.3, -0.25) is 9.48 Å². The lowest BCUT2D eigenvalue weighted by atomic mass is 9.85. The highest BCUT2D eigenvalue weighted by Gasteiger charge is 2.31. The summed E-state index contributed by atoms with van der Waals surface area (Å²) in [4.78, 5) is 23.4. The summed E-state index contributed by atoms with van der Waals surface area (Å²) in [6.07, 6.45) is 4.30. The van der Waals surface area contributed by atoms with Gasteiger partial charge in [-0.2, -0.15) is 5.10 Å². The third-order valence-electron chi connectivity index (χ3n) is 4.24. The number of carbonyl (C=O) groups is 2. The number of primary amides is 1. The van der Waals surface area contributed by atoms with Crippen LogP contribution < -0.4 is 16.4 Å². The molecule has 1 aromatic heterocycles. The second kappa shape index (κ2) is 8.42. The maximum Gasteiger partial charge on any atom is 0.320 e. The minimum absolute atomic E-state index is 0.0551. The number of nitrogens with zero attached hydrogens (tertiary/aromatic N) is 2. The molecule has 4 N–H and O–H groups in total. The predicted molar refractivity (Wildman–Crippen MR) is 102 cm³/mol. The van der Waals surface area contributed by atoms with Gasteiger partial charge in [-0.15, -0.1) is 0 Å². The molecule has 0 fully saturated rings. The third-order valence-corrected chi connectivity index (χ3v) is 4.98. The van der Waals surface area contributed by atoms with E-state index in [9.17, 15) is 9.59 Å². The topological polar surface area (TPSA) is 102 Å². The summed E-state index contributed by atoms with van der Waals surface area (Å²) in [5, 5.41) is 10.6. The van der Waals surface area contributed by atoms with Crippen LogP contribution in [0.3, 0.4) is 0 Å². The molecule has 0 spiro atoms. The van der Waals surface area contributed by atoms with E-state index in [0.717, 1.165) is 5.56 Å². The maximum absolute atomic E-state index is 12.5. The van der Waals surface area contributed by atoms with Crippen LogP contribution in [0.4, 0.5) is 10.5 Å². The van der Waals surface area contributed by atoms with Crippen molar-refractivity contribution in [2.75, 3.05) is 5.32 Å². The van der Waals surface area contributed by atoms with Crippen molar-refractivity contribution in [3.8, 4) is 0 Å². The molecule has 0 atom stereocenters. The van der Waals surface area contributed by atoms with Crippen LogP contribution in [0.2, 0.25) is 10.0 Å². The Bertz CT molecular complexity index is 802. The van der Waals surface area contributed by atoms with E-state index in [-0.39, 0.29) is 6.54 Å². The molecule has 0 aliphatic carbocycles. The van der Waals surface area contributed by atoms with E-state index in [4.69, 9.17) is 28.9 Å². The Morgan fingerprint density at radius 3 is 2.50 bits per heavy atom. The summed E-state index contributed by atoms with van der Waals surface area (Å²) in [6.45, 7) is 3.91. The lowest BCUT2D eigenvalue weighted by Crippen LogP contribution is -2.47. The fraction of sp³-hybridized carbons (Fsp3) is 0.353. The number of benzene rings is 1. The molecule has 0 radical (unpaired) electrons. The highest BCUT2D eigenvalue weighted by atomic mass is 35.5. The summed E-state index contributed by atoms with van der Waals surface area (Å²) < 4.78 is 1.35. The quantitative estimate of drug-likeness (QED) is 0.665. The minimum Gasteiger partial charge on any atom is -0.368 e. The second-order valence-corrected chi connectivity index (χ2v) is 6.70. The molecule has 140 valence electrons. The van der Waals surface area contributed by atoms with Crippen molar-refractivity contribution in [3.05, 3.63) is 46.2 Å². The molecule has 2 aromatic rings. The summed E-state index contributed by atoms with van der Waals surface area (Å²) >= 11 is 12.1. The molecule has 26 heavy (non-hydrogen) atoms. The first-order valence-electron chi connectivity index (χ1n) is 8.15. The molecule has 0 bridgehead atoms. The summed E-state index contributed by atoms with van der Waals surface area (Å²) in [5.74, 6) is -0.514. The Labute approximate surface area is 161 Å². The van der Waals surface area contributed by atoms with Gasteiger partial charge in [0.25, 0.3) is 0 Å². The molecule has 1 heterocycles. The average molecular weight is 398 g/mol. The van der Waals surface area contributed by atoms with Crippen LogP contribution >= 0.6 is 23.2 Å². The molecule has 0 saturated carbocycles. The van der Waals surface area contributed by atoms with Gasteiger partial charge in [0, 0.05) is 6.20 Å². The van der Waals surface area contributed by atoms with Crippen molar-refractivity contribution in [1.29, 1.82) is 0 Å². The van der Waals surface area contributed by atoms with E-state index >= 15 is 0 Å². The van der Waals surface area contributed by atoms with Crippen LogP contribution in [-0.2, 0) is 16.9 Å². The monoisotopic (exact) mass is 397 g/mol. The number of rotatable bonds is 7. The molecular formula is C17H21Cl2N5O2. The van der Waals surface area contributed by atoms with Gasteiger partial charge in [0.1, 0.15) is 6.54 Å². The van der Waals surface area contributed by atoms with Crippen LogP contribution in [-0.4, -0.2) is 21.7 Å². The molecule has 7 nitrogen and oxygen atoms in total. The first kappa shape index (κ1) is 20.1. The number of anilines is 1. The van der Waals surface area contributed by atoms with Gasteiger partial charge >= 0.3 is 6.03 Å². The lowest BCUT2D eigenvalue weighted by molar-refractivity contribution is -0.118. The number of hydrogen-bond donors (Lipinski definition) is 3. The predicted octanol–water partition coefficient (Wildman–Crippen LogP) is 3.51. The summed E-state index contributed by atoms with van der Waals surface area (Å²) in [7, 11) is 0. The first-order valence-corrected chi connectivity index (χ1v) is 8.90. The van der Waals surface area contributed by atoms with Crippen LogP contribution in [0.5, 0.6) is 0 Å². The molecule has 0 aliphatic rings. The Hall–Kier alpha value is -2.25. The highest BCUT2D eigenvalue weighted by Crippen LogP contribution is 2.33. The van der Waals surface area contributed by atoms with Crippen LogP contribution in [0, 0.1) is 0 Å². The number of amides is 3. The zero-order valence-corrected chi connectivity index (χ0v) is 16.1. The molecule has 3 amide bonds. The third kappa shape index (κ3) is 4.68. The number of urea groups is 1. The van der Waals surface area contributed by atoms with Gasteiger partial charge < -0.3 is 16.4 Å². The van der Waals surface area contributed by atoms with Gasteiger partial charge in [-0.1, -0.05) is 43.1 Å². The second-order valence-electron chi connectivity index (χ2n) is 5.89. The van der Waals surface area contributed by atoms with Gasteiger partial charge in [0.05, 0.1) is 27.5 Å².